The van der Waals surface area contributed by atoms with Gasteiger partial charge in [-0.3, -0.25) is 9.59 Å². The average Bonchev–Trinajstić information content (AvgIpc) is 2.80. The number of hydrogen-bond acceptors (Lipinski definition) is 3. The van der Waals surface area contributed by atoms with Gasteiger partial charge in [0, 0.05) is 19.6 Å². The molecule has 1 heterocycles. The number of carbonyl (C=O) groups excluding carboxylic acids is 1. The highest BCUT2D eigenvalue weighted by Gasteiger charge is 2.22. The van der Waals surface area contributed by atoms with E-state index in [1.807, 2.05) is 0 Å². The largest absolute Gasteiger partial charge is 0.481 e. The van der Waals surface area contributed by atoms with E-state index in [1.165, 1.54) is 0 Å². The van der Waals surface area contributed by atoms with Crippen LogP contribution in [-0.2, 0) is 14.3 Å². The Bertz CT molecular complexity index is 249. The lowest BCUT2D eigenvalue weighted by Crippen LogP contribution is -2.34. The second-order valence-corrected chi connectivity index (χ2v) is 4.35. The predicted octanol–water partition coefficient (Wildman–Crippen LogP) is 1.32. The molecule has 1 saturated heterocycles. The number of hydrogen-bond donors (Lipinski definition) is 2. The number of aliphatic carboxylic acids is 1. The highest BCUT2D eigenvalue weighted by molar-refractivity contribution is 5.80. The van der Waals surface area contributed by atoms with Gasteiger partial charge in [0.05, 0.1) is 0 Å². The van der Waals surface area contributed by atoms with Crippen LogP contribution in [0, 0.1) is 0 Å². The van der Waals surface area contributed by atoms with Crippen molar-refractivity contribution in [3.8, 4) is 0 Å². The summed E-state index contributed by atoms with van der Waals surface area (Å²) in [6, 6.07) is 0. The van der Waals surface area contributed by atoms with Crippen molar-refractivity contribution in [3.05, 3.63) is 0 Å². The molecule has 0 bridgehead atoms. The Morgan fingerprint density at radius 1 is 1.24 bits per heavy atom. The standard InChI is InChI=1S/C12H21NO4/c14-11(15)7-3-1-2-4-8-13-12(16)10-6-5-9-17-10/h10H,1-9H2,(H,13,16)(H,14,15)/t10-/m0/s1. The van der Waals surface area contributed by atoms with E-state index in [-0.39, 0.29) is 18.4 Å². The maximum absolute atomic E-state index is 11.5. The minimum atomic E-state index is -0.739. The minimum Gasteiger partial charge on any atom is -0.481 e. The Hall–Kier alpha value is -1.10. The van der Waals surface area contributed by atoms with Gasteiger partial charge in [-0.05, 0) is 25.7 Å². The zero-order valence-electron chi connectivity index (χ0n) is 10.1. The van der Waals surface area contributed by atoms with Crippen molar-refractivity contribution in [3.63, 3.8) is 0 Å². The molecule has 1 fully saturated rings. The molecule has 5 heteroatoms. The van der Waals surface area contributed by atoms with E-state index in [9.17, 15) is 9.59 Å². The average molecular weight is 243 g/mol. The van der Waals surface area contributed by atoms with Gasteiger partial charge in [-0.2, -0.15) is 0 Å². The SMILES string of the molecule is O=C(O)CCCCCCNC(=O)[C@@H]1CCCO1. The molecule has 1 rings (SSSR count). The van der Waals surface area contributed by atoms with Crippen LogP contribution in [-0.4, -0.2) is 36.2 Å². The van der Waals surface area contributed by atoms with Crippen molar-refractivity contribution in [1.29, 1.82) is 0 Å². The van der Waals surface area contributed by atoms with Crippen molar-refractivity contribution >= 4 is 11.9 Å². The Morgan fingerprint density at radius 3 is 2.65 bits per heavy atom. The van der Waals surface area contributed by atoms with E-state index in [0.717, 1.165) is 38.5 Å². The summed E-state index contributed by atoms with van der Waals surface area (Å²) in [6.45, 7) is 1.35. The molecular weight excluding hydrogens is 222 g/mol. The molecule has 1 atom stereocenters. The molecule has 0 aliphatic carbocycles. The molecule has 2 N–H and O–H groups in total. The molecule has 0 unspecified atom stereocenters. The number of carboxylic acids is 1. The Kier molecular flexibility index (Phi) is 6.62. The van der Waals surface area contributed by atoms with E-state index in [2.05, 4.69) is 5.32 Å². The molecule has 0 saturated carbocycles. The summed E-state index contributed by atoms with van der Waals surface area (Å²) >= 11 is 0. The van der Waals surface area contributed by atoms with Crippen LogP contribution >= 0.6 is 0 Å². The summed E-state index contributed by atoms with van der Waals surface area (Å²) < 4.78 is 5.26. The van der Waals surface area contributed by atoms with E-state index in [4.69, 9.17) is 9.84 Å². The Balaban J connectivity index is 1.89. The smallest absolute Gasteiger partial charge is 0.303 e. The van der Waals surface area contributed by atoms with Crippen molar-refractivity contribution < 1.29 is 19.4 Å². The Labute approximate surface area is 102 Å². The van der Waals surface area contributed by atoms with Gasteiger partial charge in [-0.25, -0.2) is 0 Å². The van der Waals surface area contributed by atoms with Gasteiger partial charge in [0.25, 0.3) is 0 Å². The zero-order valence-corrected chi connectivity index (χ0v) is 10.1. The second-order valence-electron chi connectivity index (χ2n) is 4.35. The maximum Gasteiger partial charge on any atom is 0.303 e. The summed E-state index contributed by atoms with van der Waals surface area (Å²) in [5, 5.41) is 11.3. The van der Waals surface area contributed by atoms with E-state index in [1.54, 1.807) is 0 Å². The molecule has 1 aliphatic rings. The lowest BCUT2D eigenvalue weighted by atomic mass is 10.1. The topological polar surface area (TPSA) is 75.6 Å². The second kappa shape index (κ2) is 8.06. The summed E-state index contributed by atoms with van der Waals surface area (Å²) in [7, 11) is 0. The molecule has 1 amide bonds. The van der Waals surface area contributed by atoms with Crippen molar-refractivity contribution in [1.82, 2.24) is 5.32 Å². The number of amides is 1. The highest BCUT2D eigenvalue weighted by atomic mass is 16.5. The van der Waals surface area contributed by atoms with Crippen LogP contribution in [0.5, 0.6) is 0 Å². The lowest BCUT2D eigenvalue weighted by molar-refractivity contribution is -0.137. The first kappa shape index (κ1) is 14.0. The Morgan fingerprint density at radius 2 is 2.00 bits per heavy atom. The quantitative estimate of drug-likeness (QED) is 0.630. The molecular formula is C12H21NO4. The van der Waals surface area contributed by atoms with Gasteiger partial charge < -0.3 is 15.2 Å². The molecule has 5 nitrogen and oxygen atoms in total. The van der Waals surface area contributed by atoms with Gasteiger partial charge in [0.2, 0.25) is 5.91 Å². The molecule has 17 heavy (non-hydrogen) atoms. The number of unbranched alkanes of at least 4 members (excludes halogenated alkanes) is 3. The first-order chi connectivity index (χ1) is 8.20. The van der Waals surface area contributed by atoms with Crippen LogP contribution in [0.3, 0.4) is 0 Å². The van der Waals surface area contributed by atoms with Crippen LogP contribution in [0.2, 0.25) is 0 Å². The fourth-order valence-corrected chi connectivity index (χ4v) is 1.86. The predicted molar refractivity (Wildman–Crippen MR) is 62.7 cm³/mol. The fraction of sp³-hybridized carbons (Fsp3) is 0.833. The van der Waals surface area contributed by atoms with Gasteiger partial charge in [0.15, 0.2) is 0 Å². The first-order valence-electron chi connectivity index (χ1n) is 6.31. The number of ether oxygens (including phenoxy) is 1. The van der Waals surface area contributed by atoms with E-state index < -0.39 is 5.97 Å². The van der Waals surface area contributed by atoms with Crippen molar-refractivity contribution in [2.24, 2.45) is 0 Å². The number of rotatable bonds is 8. The molecule has 98 valence electrons. The fourth-order valence-electron chi connectivity index (χ4n) is 1.86. The van der Waals surface area contributed by atoms with E-state index in [0.29, 0.717) is 13.2 Å². The van der Waals surface area contributed by atoms with Crippen molar-refractivity contribution in [2.75, 3.05) is 13.2 Å². The third kappa shape index (κ3) is 6.26. The molecule has 1 aliphatic heterocycles. The van der Waals surface area contributed by atoms with Crippen molar-refractivity contribution in [2.45, 2.75) is 51.0 Å². The highest BCUT2D eigenvalue weighted by Crippen LogP contribution is 2.11. The van der Waals surface area contributed by atoms with Crippen LogP contribution in [0.1, 0.15) is 44.9 Å². The molecule has 0 radical (unpaired) electrons. The molecule has 0 spiro atoms. The summed E-state index contributed by atoms with van der Waals surface area (Å²) in [4.78, 5) is 21.8. The zero-order chi connectivity index (χ0) is 12.5. The first-order valence-corrected chi connectivity index (χ1v) is 6.31. The van der Waals surface area contributed by atoms with Gasteiger partial charge >= 0.3 is 5.97 Å². The van der Waals surface area contributed by atoms with E-state index >= 15 is 0 Å². The lowest BCUT2D eigenvalue weighted by Gasteiger charge is -2.09. The monoisotopic (exact) mass is 243 g/mol. The molecule has 0 aromatic heterocycles. The van der Waals surface area contributed by atoms with Gasteiger partial charge in [-0.1, -0.05) is 12.8 Å². The van der Waals surface area contributed by atoms with Gasteiger partial charge in [0.1, 0.15) is 6.10 Å². The molecule has 0 aromatic rings. The van der Waals surface area contributed by atoms with Crippen LogP contribution in [0.25, 0.3) is 0 Å². The molecule has 0 aromatic carbocycles. The van der Waals surface area contributed by atoms with Crippen LogP contribution in [0.15, 0.2) is 0 Å². The number of nitrogens with one attached hydrogen (secondary N) is 1. The van der Waals surface area contributed by atoms with Crippen LogP contribution < -0.4 is 5.32 Å². The summed E-state index contributed by atoms with van der Waals surface area (Å²) in [5.41, 5.74) is 0. The maximum atomic E-state index is 11.5. The van der Waals surface area contributed by atoms with Gasteiger partial charge in [-0.15, -0.1) is 0 Å². The van der Waals surface area contributed by atoms with Crippen LogP contribution in [0.4, 0.5) is 0 Å². The number of carbonyl (C=O) groups is 2. The normalized spacial score (nSPS) is 19.2. The minimum absolute atomic E-state index is 0.00645. The number of carboxylic acid groups (broad SMARTS) is 1. The summed E-state index contributed by atoms with van der Waals surface area (Å²) in [6.07, 6.45) is 5.26. The summed E-state index contributed by atoms with van der Waals surface area (Å²) in [5.74, 6) is -0.746. The third-order valence-electron chi connectivity index (χ3n) is 2.84. The third-order valence-corrected chi connectivity index (χ3v) is 2.84.